The summed E-state index contributed by atoms with van der Waals surface area (Å²) in [5.41, 5.74) is -0.611. The largest absolute Gasteiger partial charge is 0.346 e. The van der Waals surface area contributed by atoms with Crippen LogP contribution in [0.4, 0.5) is 14.5 Å². The number of aromatic nitrogens is 3. The van der Waals surface area contributed by atoms with Crippen molar-refractivity contribution >= 4 is 11.6 Å². The topological polar surface area (TPSA) is 68.9 Å². The molecule has 0 unspecified atom stereocenters. The molecule has 0 radical (unpaired) electrons. The number of rotatable bonds is 3. The zero-order valence-corrected chi connectivity index (χ0v) is 12.4. The van der Waals surface area contributed by atoms with Crippen LogP contribution in [-0.4, -0.2) is 20.3 Å². The van der Waals surface area contributed by atoms with Crippen molar-refractivity contribution in [2.24, 2.45) is 0 Å². The molecule has 2 aromatic rings. The number of halogens is 2. The second-order valence-corrected chi connectivity index (χ2v) is 5.47. The average Bonchev–Trinajstić information content (AvgIpc) is 2.69. The van der Waals surface area contributed by atoms with E-state index in [0.717, 1.165) is 30.0 Å². The molecule has 0 aliphatic carbocycles. The van der Waals surface area contributed by atoms with Crippen LogP contribution in [0, 0.1) is 11.6 Å². The zero-order valence-electron chi connectivity index (χ0n) is 12.4. The molecule has 0 saturated carbocycles. The van der Waals surface area contributed by atoms with Crippen molar-refractivity contribution in [1.82, 2.24) is 14.3 Å². The van der Waals surface area contributed by atoms with Crippen molar-refractivity contribution in [1.29, 1.82) is 0 Å². The van der Waals surface area contributed by atoms with Gasteiger partial charge in [-0.3, -0.25) is 9.36 Å². The summed E-state index contributed by atoms with van der Waals surface area (Å²) in [5, 5.41) is 6.43. The first kappa shape index (κ1) is 15.4. The van der Waals surface area contributed by atoms with Crippen molar-refractivity contribution in [3.8, 4) is 0 Å². The Balaban J connectivity index is 1.76. The molecule has 2 heterocycles. The molecule has 122 valence electrons. The van der Waals surface area contributed by atoms with E-state index in [2.05, 4.69) is 10.4 Å². The highest BCUT2D eigenvalue weighted by atomic mass is 19.2. The van der Waals surface area contributed by atoms with E-state index in [1.54, 1.807) is 4.57 Å². The number of anilines is 1. The van der Waals surface area contributed by atoms with E-state index in [1.807, 2.05) is 0 Å². The Hall–Kier alpha value is -2.51. The van der Waals surface area contributed by atoms with Crippen LogP contribution in [0.5, 0.6) is 0 Å². The maximum Gasteiger partial charge on any atom is 0.346 e. The average molecular weight is 322 g/mol. The van der Waals surface area contributed by atoms with Gasteiger partial charge >= 0.3 is 5.69 Å². The number of hydrogen-bond acceptors (Lipinski definition) is 3. The third kappa shape index (κ3) is 3.15. The molecule has 0 fully saturated rings. The van der Waals surface area contributed by atoms with Gasteiger partial charge in [-0.15, -0.1) is 0 Å². The first-order valence-corrected chi connectivity index (χ1v) is 7.46. The lowest BCUT2D eigenvalue weighted by Gasteiger charge is -2.06. The molecular weight excluding hydrogens is 306 g/mol. The Labute approximate surface area is 130 Å². The van der Waals surface area contributed by atoms with E-state index in [9.17, 15) is 18.4 Å². The third-order valence-corrected chi connectivity index (χ3v) is 3.80. The molecular formula is C15H16F2N4O2. The summed E-state index contributed by atoms with van der Waals surface area (Å²) in [4.78, 5) is 24.2. The second kappa shape index (κ2) is 6.31. The molecule has 0 spiro atoms. The van der Waals surface area contributed by atoms with Gasteiger partial charge in [-0.2, -0.15) is 5.10 Å². The molecule has 1 aliphatic rings. The molecule has 0 atom stereocenters. The SMILES string of the molecule is O=C(Cn1nc2n(c1=O)CCCCC2)Nc1cccc(F)c1F. The summed E-state index contributed by atoms with van der Waals surface area (Å²) < 4.78 is 29.3. The fourth-order valence-electron chi connectivity index (χ4n) is 2.65. The fourth-order valence-corrected chi connectivity index (χ4v) is 2.65. The summed E-state index contributed by atoms with van der Waals surface area (Å²) in [6, 6.07) is 3.50. The van der Waals surface area contributed by atoms with Gasteiger partial charge in [-0.05, 0) is 25.0 Å². The predicted octanol–water partition coefficient (Wildman–Crippen LogP) is 1.69. The monoisotopic (exact) mass is 322 g/mol. The Morgan fingerprint density at radius 3 is 2.91 bits per heavy atom. The number of fused-ring (bicyclic) bond motifs is 1. The summed E-state index contributed by atoms with van der Waals surface area (Å²) >= 11 is 0. The molecule has 1 aliphatic heterocycles. The minimum absolute atomic E-state index is 0.260. The zero-order chi connectivity index (χ0) is 16.4. The second-order valence-electron chi connectivity index (χ2n) is 5.47. The van der Waals surface area contributed by atoms with E-state index in [1.165, 1.54) is 12.1 Å². The highest BCUT2D eigenvalue weighted by Gasteiger charge is 2.18. The van der Waals surface area contributed by atoms with Gasteiger partial charge in [-0.1, -0.05) is 12.5 Å². The third-order valence-electron chi connectivity index (χ3n) is 3.80. The van der Waals surface area contributed by atoms with Crippen LogP contribution in [0.2, 0.25) is 0 Å². The van der Waals surface area contributed by atoms with Crippen LogP contribution < -0.4 is 11.0 Å². The summed E-state index contributed by atoms with van der Waals surface area (Å²) in [7, 11) is 0. The van der Waals surface area contributed by atoms with Crippen molar-refractivity contribution in [2.75, 3.05) is 5.32 Å². The Bertz CT molecular complexity index is 797. The number of nitrogens with zero attached hydrogens (tertiary/aromatic N) is 3. The minimum atomic E-state index is -1.13. The van der Waals surface area contributed by atoms with Gasteiger partial charge in [0.15, 0.2) is 11.6 Å². The number of aryl methyl sites for hydroxylation is 1. The normalized spacial score (nSPS) is 14.2. The maximum absolute atomic E-state index is 13.5. The first-order valence-electron chi connectivity index (χ1n) is 7.46. The highest BCUT2D eigenvalue weighted by molar-refractivity contribution is 5.90. The highest BCUT2D eigenvalue weighted by Crippen LogP contribution is 2.16. The lowest BCUT2D eigenvalue weighted by molar-refractivity contribution is -0.117. The van der Waals surface area contributed by atoms with Crippen LogP contribution in [0.15, 0.2) is 23.0 Å². The Morgan fingerprint density at radius 1 is 1.26 bits per heavy atom. The van der Waals surface area contributed by atoms with E-state index < -0.39 is 17.5 Å². The number of amides is 1. The van der Waals surface area contributed by atoms with Crippen LogP contribution >= 0.6 is 0 Å². The van der Waals surface area contributed by atoms with E-state index >= 15 is 0 Å². The van der Waals surface area contributed by atoms with Gasteiger partial charge in [0.1, 0.15) is 12.4 Å². The summed E-state index contributed by atoms with van der Waals surface area (Å²) in [5.74, 6) is -2.15. The van der Waals surface area contributed by atoms with Crippen molar-refractivity contribution in [3.63, 3.8) is 0 Å². The summed E-state index contributed by atoms with van der Waals surface area (Å²) in [6.07, 6.45) is 3.60. The molecule has 6 nitrogen and oxygen atoms in total. The number of carbonyl (C=O) groups excluding carboxylic acids is 1. The summed E-state index contributed by atoms with van der Waals surface area (Å²) in [6.45, 7) is 0.253. The van der Waals surface area contributed by atoms with Crippen molar-refractivity contribution < 1.29 is 13.6 Å². The van der Waals surface area contributed by atoms with Gasteiger partial charge < -0.3 is 5.32 Å². The lowest BCUT2D eigenvalue weighted by atomic mass is 10.2. The van der Waals surface area contributed by atoms with Crippen LogP contribution in [0.3, 0.4) is 0 Å². The molecule has 1 aromatic carbocycles. The standard InChI is InChI=1S/C15H16F2N4O2/c16-10-5-4-6-11(14(10)17)18-13(22)9-21-15(23)20-8-3-1-2-7-12(20)19-21/h4-6H,1-3,7-9H2,(H,18,22). The number of benzene rings is 1. The molecule has 0 saturated heterocycles. The lowest BCUT2D eigenvalue weighted by Crippen LogP contribution is -2.30. The van der Waals surface area contributed by atoms with Gasteiger partial charge in [0, 0.05) is 13.0 Å². The molecule has 1 N–H and O–H groups in total. The predicted molar refractivity (Wildman–Crippen MR) is 79.0 cm³/mol. The molecule has 3 rings (SSSR count). The van der Waals surface area contributed by atoms with Crippen molar-refractivity contribution in [2.45, 2.75) is 38.8 Å². The molecule has 23 heavy (non-hydrogen) atoms. The Kier molecular flexibility index (Phi) is 4.22. The van der Waals surface area contributed by atoms with Gasteiger partial charge in [-0.25, -0.2) is 18.3 Å². The van der Waals surface area contributed by atoms with Gasteiger partial charge in [0.25, 0.3) is 0 Å². The van der Waals surface area contributed by atoms with Gasteiger partial charge in [0.05, 0.1) is 5.69 Å². The molecule has 1 aromatic heterocycles. The number of hydrogen-bond donors (Lipinski definition) is 1. The minimum Gasteiger partial charge on any atom is -0.322 e. The van der Waals surface area contributed by atoms with Crippen LogP contribution in [0.25, 0.3) is 0 Å². The van der Waals surface area contributed by atoms with Crippen LogP contribution in [0.1, 0.15) is 25.1 Å². The first-order chi connectivity index (χ1) is 11.1. The Morgan fingerprint density at radius 2 is 2.09 bits per heavy atom. The fraction of sp³-hybridized carbons (Fsp3) is 0.400. The van der Waals surface area contributed by atoms with E-state index in [4.69, 9.17) is 0 Å². The van der Waals surface area contributed by atoms with E-state index in [-0.39, 0.29) is 17.9 Å². The number of carbonyl (C=O) groups is 1. The molecule has 1 amide bonds. The molecule has 8 heteroatoms. The van der Waals surface area contributed by atoms with E-state index in [0.29, 0.717) is 18.8 Å². The van der Waals surface area contributed by atoms with Gasteiger partial charge in [0.2, 0.25) is 5.91 Å². The maximum atomic E-state index is 13.5. The molecule has 0 bridgehead atoms. The van der Waals surface area contributed by atoms with Crippen LogP contribution in [-0.2, 0) is 24.3 Å². The quantitative estimate of drug-likeness (QED) is 0.935. The smallest absolute Gasteiger partial charge is 0.322 e. The van der Waals surface area contributed by atoms with Crippen molar-refractivity contribution in [3.05, 3.63) is 46.1 Å². The number of nitrogens with one attached hydrogen (secondary N) is 1.